The second kappa shape index (κ2) is 5.09. The lowest BCUT2D eigenvalue weighted by Gasteiger charge is -2.58. The van der Waals surface area contributed by atoms with E-state index in [0.29, 0.717) is 13.0 Å². The highest BCUT2D eigenvalue weighted by Gasteiger charge is 2.59. The van der Waals surface area contributed by atoms with Crippen molar-refractivity contribution in [1.29, 1.82) is 0 Å². The van der Waals surface area contributed by atoms with Crippen LogP contribution in [0.2, 0.25) is 0 Å². The highest BCUT2D eigenvalue weighted by molar-refractivity contribution is 5.18. The molecule has 5 nitrogen and oxygen atoms in total. The second-order valence-electron chi connectivity index (χ2n) is 6.00. The highest BCUT2D eigenvalue weighted by atomic mass is 16.4. The normalized spacial score (nSPS) is 41.0. The van der Waals surface area contributed by atoms with Crippen LogP contribution in [0.25, 0.3) is 0 Å². The third-order valence-electron chi connectivity index (χ3n) is 4.84. The average Bonchev–Trinajstić information content (AvgIpc) is 2.45. The smallest absolute Gasteiger partial charge is 0.112 e. The van der Waals surface area contributed by atoms with E-state index in [-0.39, 0.29) is 25.1 Å². The number of nitrogens with zero attached hydrogens (tertiary/aromatic N) is 1. The van der Waals surface area contributed by atoms with Crippen LogP contribution in [0.1, 0.15) is 12.0 Å². The Kier molecular flexibility index (Phi) is 3.56. The monoisotopic (exact) mass is 279 g/mol. The molecule has 3 fully saturated rings. The summed E-state index contributed by atoms with van der Waals surface area (Å²) in [5.41, 5.74) is -0.330. The molecule has 4 rings (SSSR count). The van der Waals surface area contributed by atoms with Crippen molar-refractivity contribution < 1.29 is 20.4 Å². The first-order valence-electron chi connectivity index (χ1n) is 7.03. The molecule has 0 amide bonds. The van der Waals surface area contributed by atoms with Crippen molar-refractivity contribution in [3.63, 3.8) is 0 Å². The molecule has 4 N–H and O–H groups in total. The molecule has 0 unspecified atom stereocenters. The molecule has 0 aromatic heterocycles. The second-order valence-corrected chi connectivity index (χ2v) is 6.00. The van der Waals surface area contributed by atoms with Gasteiger partial charge in [-0.3, -0.25) is 4.90 Å². The molecule has 110 valence electrons. The number of aliphatic hydroxyl groups is 4. The summed E-state index contributed by atoms with van der Waals surface area (Å²) in [7, 11) is 0. The Labute approximate surface area is 118 Å². The zero-order valence-corrected chi connectivity index (χ0v) is 11.3. The first-order valence-corrected chi connectivity index (χ1v) is 7.03. The summed E-state index contributed by atoms with van der Waals surface area (Å²) in [5.74, 6) is -0.377. The van der Waals surface area contributed by atoms with Crippen LogP contribution in [-0.2, 0) is 6.54 Å². The predicted octanol–water partition coefficient (Wildman–Crippen LogP) is -0.664. The van der Waals surface area contributed by atoms with Gasteiger partial charge in [0, 0.05) is 31.7 Å². The number of benzene rings is 1. The lowest BCUT2D eigenvalue weighted by atomic mass is 9.65. The van der Waals surface area contributed by atoms with Crippen LogP contribution in [0.15, 0.2) is 30.3 Å². The summed E-state index contributed by atoms with van der Waals surface area (Å²) >= 11 is 0. The highest BCUT2D eigenvalue weighted by Crippen LogP contribution is 2.43. The molecular weight excluding hydrogens is 258 g/mol. The lowest BCUT2D eigenvalue weighted by Crippen LogP contribution is -2.75. The van der Waals surface area contributed by atoms with Gasteiger partial charge in [-0.1, -0.05) is 30.3 Å². The molecular formula is C15H21NO4. The van der Waals surface area contributed by atoms with Gasteiger partial charge in [-0.25, -0.2) is 0 Å². The van der Waals surface area contributed by atoms with E-state index in [2.05, 4.69) is 0 Å². The summed E-state index contributed by atoms with van der Waals surface area (Å²) in [5, 5.41) is 40.3. The Morgan fingerprint density at radius 3 is 2.55 bits per heavy atom. The largest absolute Gasteiger partial charge is 0.396 e. The van der Waals surface area contributed by atoms with E-state index in [1.165, 1.54) is 0 Å². The maximum absolute atomic E-state index is 10.7. The fourth-order valence-corrected chi connectivity index (χ4v) is 3.64. The maximum atomic E-state index is 10.7. The van der Waals surface area contributed by atoms with E-state index in [1.54, 1.807) is 0 Å². The lowest BCUT2D eigenvalue weighted by molar-refractivity contribution is -0.255. The van der Waals surface area contributed by atoms with Crippen LogP contribution >= 0.6 is 0 Å². The van der Waals surface area contributed by atoms with Crippen molar-refractivity contribution in [3.05, 3.63) is 35.9 Å². The van der Waals surface area contributed by atoms with Crippen molar-refractivity contribution in [1.82, 2.24) is 4.90 Å². The molecule has 2 bridgehead atoms. The van der Waals surface area contributed by atoms with Crippen molar-refractivity contribution in [3.8, 4) is 0 Å². The zero-order valence-electron chi connectivity index (χ0n) is 11.3. The summed E-state index contributed by atoms with van der Waals surface area (Å²) in [4.78, 5) is 2.00. The van der Waals surface area contributed by atoms with Gasteiger partial charge in [-0.05, 0) is 12.0 Å². The van der Waals surface area contributed by atoms with Gasteiger partial charge in [0.2, 0.25) is 0 Å². The molecule has 1 aliphatic carbocycles. The Morgan fingerprint density at radius 2 is 1.90 bits per heavy atom. The fraction of sp³-hybridized carbons (Fsp3) is 0.600. The van der Waals surface area contributed by atoms with Crippen molar-refractivity contribution in [2.24, 2.45) is 5.92 Å². The van der Waals surface area contributed by atoms with Crippen LogP contribution in [0.4, 0.5) is 0 Å². The number of rotatable bonds is 3. The summed E-state index contributed by atoms with van der Waals surface area (Å²) < 4.78 is 0. The van der Waals surface area contributed by atoms with Crippen LogP contribution in [0.3, 0.4) is 0 Å². The van der Waals surface area contributed by atoms with Crippen molar-refractivity contribution >= 4 is 0 Å². The van der Waals surface area contributed by atoms with Gasteiger partial charge in [0.25, 0.3) is 0 Å². The van der Waals surface area contributed by atoms with Crippen molar-refractivity contribution in [2.45, 2.75) is 36.8 Å². The molecule has 20 heavy (non-hydrogen) atoms. The van der Waals surface area contributed by atoms with E-state index in [1.807, 2.05) is 35.2 Å². The third-order valence-corrected chi connectivity index (χ3v) is 4.84. The molecule has 2 heterocycles. The summed E-state index contributed by atoms with van der Waals surface area (Å²) in [6.07, 6.45) is -1.66. The van der Waals surface area contributed by atoms with Gasteiger partial charge in [-0.15, -0.1) is 0 Å². The van der Waals surface area contributed by atoms with Crippen LogP contribution in [-0.4, -0.2) is 62.3 Å². The molecule has 0 spiro atoms. The number of hydrogen-bond donors (Lipinski definition) is 4. The van der Waals surface area contributed by atoms with Gasteiger partial charge in [0.15, 0.2) is 0 Å². The van der Waals surface area contributed by atoms with Crippen molar-refractivity contribution in [2.75, 3.05) is 13.2 Å². The molecule has 0 radical (unpaired) electrons. The minimum absolute atomic E-state index is 0.171. The molecule has 1 aromatic rings. The minimum atomic E-state index is -1.43. The number of piperidine rings is 2. The van der Waals surface area contributed by atoms with Gasteiger partial charge >= 0.3 is 0 Å². The summed E-state index contributed by atoms with van der Waals surface area (Å²) in [6, 6.07) is 9.62. The van der Waals surface area contributed by atoms with Gasteiger partial charge in [-0.2, -0.15) is 0 Å². The molecule has 5 heteroatoms. The maximum Gasteiger partial charge on any atom is 0.112 e. The first kappa shape index (κ1) is 14.0. The standard InChI is InChI=1S/C15H21NO4/c17-8-11-6-12-13(18)14(19)15(11,20)9-16(12)7-10-4-2-1-3-5-10/h1-5,11-14,17-20H,6-9H2/t11-,12-,13+,14-,15-/m1/s1. The average molecular weight is 279 g/mol. The van der Waals surface area contributed by atoms with Crippen LogP contribution in [0, 0.1) is 5.92 Å². The number of fused-ring (bicyclic) bond motifs is 3. The van der Waals surface area contributed by atoms with Crippen LogP contribution in [0.5, 0.6) is 0 Å². The van der Waals surface area contributed by atoms with Crippen LogP contribution < -0.4 is 0 Å². The summed E-state index contributed by atoms with van der Waals surface area (Å²) in [6.45, 7) is 0.724. The molecule has 2 saturated heterocycles. The zero-order chi connectivity index (χ0) is 14.3. The topological polar surface area (TPSA) is 84.2 Å². The molecule has 2 aliphatic heterocycles. The van der Waals surface area contributed by atoms with E-state index in [4.69, 9.17) is 0 Å². The SMILES string of the molecule is OC[C@H]1C[C@@H]2[C@H](O)[C@@H](O)[C@@]1(O)CN2Cc1ccccc1. The van der Waals surface area contributed by atoms with E-state index >= 15 is 0 Å². The van der Waals surface area contributed by atoms with E-state index in [0.717, 1.165) is 5.56 Å². The van der Waals surface area contributed by atoms with Gasteiger partial charge < -0.3 is 20.4 Å². The predicted molar refractivity (Wildman–Crippen MR) is 72.8 cm³/mol. The Hall–Kier alpha value is -0.980. The first-order chi connectivity index (χ1) is 9.56. The molecule has 3 aliphatic rings. The Bertz CT molecular complexity index is 464. The third kappa shape index (κ3) is 2.06. The van der Waals surface area contributed by atoms with E-state index in [9.17, 15) is 20.4 Å². The fourth-order valence-electron chi connectivity index (χ4n) is 3.64. The van der Waals surface area contributed by atoms with Gasteiger partial charge in [0.05, 0.1) is 6.10 Å². The molecule has 1 saturated carbocycles. The number of aliphatic hydroxyl groups excluding tert-OH is 3. The van der Waals surface area contributed by atoms with E-state index < -0.39 is 17.8 Å². The Balaban J connectivity index is 1.83. The quantitative estimate of drug-likeness (QED) is 0.590. The minimum Gasteiger partial charge on any atom is -0.396 e. The molecule has 1 aromatic carbocycles. The van der Waals surface area contributed by atoms with Gasteiger partial charge in [0.1, 0.15) is 11.7 Å². The molecule has 5 atom stereocenters. The Morgan fingerprint density at radius 1 is 1.20 bits per heavy atom. The number of hydrogen-bond acceptors (Lipinski definition) is 5.